The number of methoxy groups -OCH3 is 1. The van der Waals surface area contributed by atoms with E-state index >= 15 is 0 Å². The van der Waals surface area contributed by atoms with E-state index in [-0.39, 0.29) is 36.0 Å². The zero-order valence-electron chi connectivity index (χ0n) is 17.9. The number of nitrogens with one attached hydrogen (secondary N) is 1. The number of hydrogen-bond acceptors (Lipinski definition) is 7. The van der Waals surface area contributed by atoms with E-state index in [9.17, 15) is 18.0 Å². The molecule has 33 heavy (non-hydrogen) atoms. The van der Waals surface area contributed by atoms with Gasteiger partial charge in [0, 0.05) is 24.4 Å². The maximum absolute atomic E-state index is 13.6. The second-order valence-electron chi connectivity index (χ2n) is 7.92. The van der Waals surface area contributed by atoms with Crippen molar-refractivity contribution >= 4 is 45.0 Å². The van der Waals surface area contributed by atoms with Gasteiger partial charge in [-0.3, -0.25) is 14.5 Å². The van der Waals surface area contributed by atoms with Crippen molar-refractivity contribution in [3.8, 4) is 5.75 Å². The molecule has 0 aromatic heterocycles. The Morgan fingerprint density at radius 2 is 1.94 bits per heavy atom. The Morgan fingerprint density at radius 1 is 1.18 bits per heavy atom. The summed E-state index contributed by atoms with van der Waals surface area (Å²) in [7, 11) is -2.31. The van der Waals surface area contributed by atoms with Gasteiger partial charge >= 0.3 is 0 Å². The van der Waals surface area contributed by atoms with Crippen molar-refractivity contribution in [1.82, 2.24) is 4.31 Å². The number of anilines is 2. The van der Waals surface area contributed by atoms with Gasteiger partial charge in [-0.15, -0.1) is 0 Å². The molecule has 0 aliphatic carbocycles. The lowest BCUT2D eigenvalue weighted by molar-refractivity contribution is -0.121. The third kappa shape index (κ3) is 3.59. The Hall–Kier alpha value is -2.60. The first-order valence-corrected chi connectivity index (χ1v) is 12.8. The lowest BCUT2D eigenvalue weighted by Gasteiger charge is -2.30. The van der Waals surface area contributed by atoms with E-state index in [0.717, 1.165) is 10.6 Å². The summed E-state index contributed by atoms with van der Waals surface area (Å²) in [6, 6.07) is 11.8. The van der Waals surface area contributed by atoms with E-state index < -0.39 is 20.8 Å². The number of nitrogens with zero attached hydrogens (tertiary/aromatic N) is 2. The number of benzene rings is 2. The fourth-order valence-electron chi connectivity index (χ4n) is 4.40. The molecule has 1 atom stereocenters. The summed E-state index contributed by atoms with van der Waals surface area (Å²) in [4.78, 5) is 27.6. The first kappa shape index (κ1) is 22.2. The molecule has 1 unspecified atom stereocenters. The number of ether oxygens (including phenoxy) is 2. The topological polar surface area (TPSA) is 105 Å². The molecule has 2 fully saturated rings. The SMILES string of the molecule is COc1ccc(S(=O)(=O)N2CCOCC2)cc1NC(=O)C12CCC(=O)N1c1ccccc1S2. The summed E-state index contributed by atoms with van der Waals surface area (Å²) in [5.74, 6) is -0.177. The van der Waals surface area contributed by atoms with Gasteiger partial charge in [0.2, 0.25) is 15.9 Å². The van der Waals surface area contributed by atoms with Crippen LogP contribution in [0.4, 0.5) is 11.4 Å². The predicted molar refractivity (Wildman–Crippen MR) is 123 cm³/mol. The Bertz CT molecular complexity index is 1230. The van der Waals surface area contributed by atoms with Crippen LogP contribution in [0.3, 0.4) is 0 Å². The van der Waals surface area contributed by atoms with Crippen LogP contribution in [0.5, 0.6) is 5.75 Å². The molecule has 0 saturated carbocycles. The van der Waals surface area contributed by atoms with Gasteiger partial charge < -0.3 is 14.8 Å². The molecule has 2 amide bonds. The molecular formula is C22H23N3O6S2. The number of carbonyl (C=O) groups is 2. The Kier molecular flexibility index (Phi) is 5.60. The van der Waals surface area contributed by atoms with Crippen molar-refractivity contribution in [3.63, 3.8) is 0 Å². The summed E-state index contributed by atoms with van der Waals surface area (Å²) in [6.07, 6.45) is 0.614. The maximum Gasteiger partial charge on any atom is 0.261 e. The molecule has 1 N–H and O–H groups in total. The van der Waals surface area contributed by atoms with E-state index in [1.54, 1.807) is 4.90 Å². The number of carbonyl (C=O) groups excluding carboxylic acids is 2. The van der Waals surface area contributed by atoms with Crippen LogP contribution in [0.15, 0.2) is 52.3 Å². The van der Waals surface area contributed by atoms with Crippen molar-refractivity contribution in [1.29, 1.82) is 0 Å². The number of amides is 2. The molecule has 5 rings (SSSR count). The monoisotopic (exact) mass is 489 g/mol. The third-order valence-corrected chi connectivity index (χ3v) is 9.42. The maximum atomic E-state index is 13.6. The summed E-state index contributed by atoms with van der Waals surface area (Å²) < 4.78 is 38.2. The number of thioether (sulfide) groups is 1. The Morgan fingerprint density at radius 3 is 2.70 bits per heavy atom. The lowest BCUT2D eigenvalue weighted by Crippen LogP contribution is -2.49. The van der Waals surface area contributed by atoms with E-state index in [2.05, 4.69) is 5.32 Å². The molecule has 3 aliphatic heterocycles. The van der Waals surface area contributed by atoms with Gasteiger partial charge in [0.1, 0.15) is 5.75 Å². The zero-order chi connectivity index (χ0) is 23.2. The first-order valence-electron chi connectivity index (χ1n) is 10.6. The third-order valence-electron chi connectivity index (χ3n) is 6.06. The molecule has 2 aromatic carbocycles. The molecule has 3 heterocycles. The lowest BCUT2D eigenvalue weighted by atomic mass is 10.1. The molecule has 11 heteroatoms. The first-order chi connectivity index (χ1) is 15.9. The average molecular weight is 490 g/mol. The minimum Gasteiger partial charge on any atom is -0.495 e. The standard InChI is InChI=1S/C22H23N3O6S2/c1-30-18-7-6-15(33(28,29)24-10-12-31-13-11-24)14-16(18)23-21(27)22-9-8-20(26)25(22)17-4-2-3-5-19(17)32-22/h2-7,14H,8-13H2,1H3,(H,23,27). The highest BCUT2D eigenvalue weighted by atomic mass is 32.2. The van der Waals surface area contributed by atoms with Crippen LogP contribution in [-0.4, -0.2) is 62.8 Å². The van der Waals surface area contributed by atoms with Crippen LogP contribution in [-0.2, 0) is 24.3 Å². The molecule has 3 aliphatic rings. The van der Waals surface area contributed by atoms with Crippen LogP contribution in [0.25, 0.3) is 0 Å². The number of fused-ring (bicyclic) bond motifs is 3. The highest BCUT2D eigenvalue weighted by Gasteiger charge is 2.57. The van der Waals surface area contributed by atoms with Gasteiger partial charge in [-0.1, -0.05) is 23.9 Å². The van der Waals surface area contributed by atoms with Crippen molar-refractivity contribution in [2.45, 2.75) is 27.5 Å². The smallest absolute Gasteiger partial charge is 0.261 e. The quantitative estimate of drug-likeness (QED) is 0.687. The highest BCUT2D eigenvalue weighted by Crippen LogP contribution is 2.56. The highest BCUT2D eigenvalue weighted by molar-refractivity contribution is 8.02. The second kappa shape index (κ2) is 8.32. The number of para-hydroxylation sites is 1. The van der Waals surface area contributed by atoms with E-state index in [1.165, 1.54) is 41.4 Å². The molecule has 0 bridgehead atoms. The van der Waals surface area contributed by atoms with E-state index in [0.29, 0.717) is 25.4 Å². The molecule has 174 valence electrons. The molecule has 0 spiro atoms. The van der Waals surface area contributed by atoms with Crippen molar-refractivity contribution in [2.24, 2.45) is 0 Å². The van der Waals surface area contributed by atoms with Gasteiger partial charge in [-0.25, -0.2) is 8.42 Å². The number of rotatable bonds is 5. The summed E-state index contributed by atoms with van der Waals surface area (Å²) in [5.41, 5.74) is 0.956. The van der Waals surface area contributed by atoms with Gasteiger partial charge in [0.05, 0.1) is 36.6 Å². The average Bonchev–Trinajstić information content (AvgIpc) is 3.35. The normalized spacial score (nSPS) is 22.7. The second-order valence-corrected chi connectivity index (χ2v) is 11.2. The molecule has 2 saturated heterocycles. The number of hydrogen-bond donors (Lipinski definition) is 1. The van der Waals surface area contributed by atoms with Crippen LogP contribution in [0.1, 0.15) is 12.8 Å². The molecule has 0 radical (unpaired) electrons. The van der Waals surface area contributed by atoms with E-state index in [1.807, 2.05) is 24.3 Å². The number of sulfonamides is 1. The van der Waals surface area contributed by atoms with Crippen LogP contribution in [0, 0.1) is 0 Å². The van der Waals surface area contributed by atoms with Crippen LogP contribution < -0.4 is 15.0 Å². The Balaban J connectivity index is 1.47. The zero-order valence-corrected chi connectivity index (χ0v) is 19.6. The van der Waals surface area contributed by atoms with Crippen molar-refractivity contribution in [2.75, 3.05) is 43.6 Å². The van der Waals surface area contributed by atoms with Crippen LogP contribution in [0.2, 0.25) is 0 Å². The minimum atomic E-state index is -3.76. The molecular weight excluding hydrogens is 466 g/mol. The fourth-order valence-corrected chi connectivity index (χ4v) is 7.25. The van der Waals surface area contributed by atoms with E-state index in [4.69, 9.17) is 9.47 Å². The summed E-state index contributed by atoms with van der Waals surface area (Å²) >= 11 is 1.34. The van der Waals surface area contributed by atoms with Crippen molar-refractivity contribution < 1.29 is 27.5 Å². The predicted octanol–water partition coefficient (Wildman–Crippen LogP) is 2.28. The molecule has 9 nitrogen and oxygen atoms in total. The largest absolute Gasteiger partial charge is 0.495 e. The van der Waals surface area contributed by atoms with Crippen LogP contribution >= 0.6 is 11.8 Å². The van der Waals surface area contributed by atoms with Gasteiger partial charge in [0.15, 0.2) is 4.87 Å². The Labute approximate surface area is 196 Å². The molecule has 2 aromatic rings. The minimum absolute atomic E-state index is 0.0553. The summed E-state index contributed by atoms with van der Waals surface area (Å²) in [6.45, 7) is 1.21. The van der Waals surface area contributed by atoms with Crippen molar-refractivity contribution in [3.05, 3.63) is 42.5 Å². The number of morpholine rings is 1. The van der Waals surface area contributed by atoms with Gasteiger partial charge in [-0.05, 0) is 36.8 Å². The fraction of sp³-hybridized carbons (Fsp3) is 0.364. The van der Waals surface area contributed by atoms with Gasteiger partial charge in [-0.2, -0.15) is 4.31 Å². The summed E-state index contributed by atoms with van der Waals surface area (Å²) in [5, 5.41) is 2.85. The van der Waals surface area contributed by atoms with Gasteiger partial charge in [0.25, 0.3) is 5.91 Å².